The molecule has 1 aromatic carbocycles. The number of nitrogens with one attached hydrogen (secondary N) is 2. The van der Waals surface area contributed by atoms with Crippen molar-refractivity contribution in [2.24, 2.45) is 16.6 Å². The number of carbonyl (C=O) groups is 1. The van der Waals surface area contributed by atoms with Gasteiger partial charge in [0.2, 0.25) is 5.91 Å². The molecule has 3 aliphatic rings. The summed E-state index contributed by atoms with van der Waals surface area (Å²) in [4.78, 5) is 23.2. The minimum absolute atomic E-state index is 0.254. The zero-order valence-electron chi connectivity index (χ0n) is 19.4. The second-order valence-electron chi connectivity index (χ2n) is 9.23. The van der Waals surface area contributed by atoms with Crippen LogP contribution in [-0.4, -0.2) is 48.4 Å². The molecule has 4 N–H and O–H groups in total. The van der Waals surface area contributed by atoms with Crippen LogP contribution in [-0.2, 0) is 14.5 Å². The minimum Gasteiger partial charge on any atom is -0.361 e. The lowest BCUT2D eigenvalue weighted by Crippen LogP contribution is -2.40. The number of halogens is 1. The number of hydrogen-bond donors (Lipinski definition) is 3. The van der Waals surface area contributed by atoms with E-state index in [1.807, 2.05) is 23.1 Å². The lowest BCUT2D eigenvalue weighted by Gasteiger charge is -2.33. The number of nitrogens with zero attached hydrogens (tertiary/aromatic N) is 2. The summed E-state index contributed by atoms with van der Waals surface area (Å²) in [5.41, 5.74) is 8.98. The molecule has 1 aromatic heterocycles. The van der Waals surface area contributed by atoms with Crippen LogP contribution in [0.3, 0.4) is 0 Å². The first-order valence-electron chi connectivity index (χ1n) is 12.0. The molecule has 0 spiro atoms. The van der Waals surface area contributed by atoms with Crippen LogP contribution in [0.1, 0.15) is 56.9 Å². The summed E-state index contributed by atoms with van der Waals surface area (Å²) in [6.45, 7) is 3.48. The smallest absolute Gasteiger partial charge is 0.225 e. The number of hydrogen-bond acceptors (Lipinski definition) is 4. The Hall–Kier alpha value is -1.98. The number of anilines is 1. The van der Waals surface area contributed by atoms with E-state index in [2.05, 4.69) is 31.9 Å². The standard InChI is InChI=1S/C25H32IN5O2S/c1-2-34(33,20-14-26-25(27)29-15-20)30-19-7-8-23-21(13-19)22(16-28-23)17-9-11-31(12-10-17)24(32)18-5-3-4-6-18/h2,7-8,13-18,28H,3-6,9-12H2,1H3,(H2,27,29)(H,30,33). The summed E-state index contributed by atoms with van der Waals surface area (Å²) in [7, 11) is -2.58. The lowest BCUT2D eigenvalue weighted by atomic mass is 9.88. The maximum atomic E-state index is 13.7. The number of aromatic nitrogens is 1. The number of nitrogens with two attached hydrogens (primary N) is 1. The summed E-state index contributed by atoms with van der Waals surface area (Å²) >= 11 is -0.522. The molecule has 34 heavy (non-hydrogen) atoms. The zero-order valence-corrected chi connectivity index (χ0v) is 22.4. The van der Waals surface area contributed by atoms with E-state index in [0.717, 1.165) is 55.4 Å². The lowest BCUT2D eigenvalue weighted by molar-refractivity contribution is -0.136. The highest BCUT2D eigenvalue weighted by Crippen LogP contribution is 2.36. The average Bonchev–Trinajstić information content (AvgIpc) is 3.54. The largest absolute Gasteiger partial charge is 0.361 e. The Kier molecular flexibility index (Phi) is 6.95. The van der Waals surface area contributed by atoms with Gasteiger partial charge in [-0.15, -0.1) is 0 Å². The van der Waals surface area contributed by atoms with Crippen molar-refractivity contribution in [3.05, 3.63) is 38.9 Å². The van der Waals surface area contributed by atoms with Crippen LogP contribution in [0.2, 0.25) is 0 Å². The molecule has 2 aromatic rings. The number of aromatic amines is 1. The molecule has 2 aliphatic heterocycles. The van der Waals surface area contributed by atoms with E-state index in [0.29, 0.717) is 20.5 Å². The Morgan fingerprint density at radius 2 is 2.03 bits per heavy atom. The van der Waals surface area contributed by atoms with Gasteiger partial charge in [-0.25, -0.2) is 9.20 Å². The van der Waals surface area contributed by atoms with Crippen LogP contribution in [0.25, 0.3) is 10.9 Å². The van der Waals surface area contributed by atoms with Gasteiger partial charge in [-0.1, -0.05) is 33.6 Å². The van der Waals surface area contributed by atoms with E-state index in [1.165, 1.54) is 18.4 Å². The molecule has 0 radical (unpaired) electrons. The minimum atomic E-state index is -2.58. The van der Waals surface area contributed by atoms with Gasteiger partial charge in [0.15, 0.2) is 0 Å². The van der Waals surface area contributed by atoms with Crippen molar-refractivity contribution < 1.29 is 9.00 Å². The van der Waals surface area contributed by atoms with Crippen LogP contribution < -0.4 is 10.5 Å². The molecule has 9 heteroatoms. The molecule has 1 saturated carbocycles. The number of likely N-dealkylation sites (tertiary alicyclic amines) is 1. The van der Waals surface area contributed by atoms with Gasteiger partial charge in [-0.3, -0.25) is 10.5 Å². The number of carbonyl (C=O) groups excluding carboxylic acids is 1. The second-order valence-corrected chi connectivity index (χ2v) is 13.9. The highest BCUT2D eigenvalue weighted by atomic mass is 127. The third-order valence-corrected chi connectivity index (χ3v) is 11.7. The molecule has 3 heterocycles. The number of allylic oxidation sites excluding steroid dienone is 1. The predicted octanol–water partition coefficient (Wildman–Crippen LogP) is 4.44. The van der Waals surface area contributed by atoms with Crippen LogP contribution >= 0.6 is 20.7 Å². The highest BCUT2D eigenvalue weighted by Gasteiger charge is 2.31. The third-order valence-electron chi connectivity index (χ3n) is 7.21. The van der Waals surface area contributed by atoms with Crippen molar-refractivity contribution in [1.82, 2.24) is 9.88 Å². The van der Waals surface area contributed by atoms with Gasteiger partial charge >= 0.3 is 0 Å². The van der Waals surface area contributed by atoms with Crippen LogP contribution in [0, 0.1) is 5.92 Å². The molecule has 7 nitrogen and oxygen atoms in total. The average molecular weight is 594 g/mol. The quantitative estimate of drug-likeness (QED) is 0.353. The number of piperidine rings is 1. The van der Waals surface area contributed by atoms with Crippen molar-refractivity contribution in [1.29, 1.82) is 0 Å². The molecule has 2 fully saturated rings. The number of aliphatic imine (C=N–C) groups is 1. The van der Waals surface area contributed by atoms with E-state index in [-0.39, 0.29) is 5.92 Å². The van der Waals surface area contributed by atoms with Crippen molar-refractivity contribution in [3.63, 3.8) is 0 Å². The van der Waals surface area contributed by atoms with E-state index in [1.54, 1.807) is 11.6 Å². The van der Waals surface area contributed by atoms with Gasteiger partial charge < -0.3 is 14.6 Å². The van der Waals surface area contributed by atoms with Gasteiger partial charge in [-0.2, -0.15) is 0 Å². The van der Waals surface area contributed by atoms with E-state index in [9.17, 15) is 9.00 Å². The van der Waals surface area contributed by atoms with Crippen LogP contribution in [0.5, 0.6) is 0 Å². The summed E-state index contributed by atoms with van der Waals surface area (Å²) in [6, 6.07) is 6.10. The monoisotopic (exact) mass is 593 g/mol. The first kappa shape index (κ1) is 23.7. The summed E-state index contributed by atoms with van der Waals surface area (Å²) in [5.74, 6) is 1.04. The second kappa shape index (κ2) is 9.94. The molecule has 1 aliphatic carbocycles. The molecule has 1 amide bonds. The highest BCUT2D eigenvalue weighted by molar-refractivity contribution is 14.2. The fraction of sp³-hybridized carbons (Fsp3) is 0.440. The Morgan fingerprint density at radius 1 is 1.26 bits per heavy atom. The Bertz CT molecular complexity index is 1300. The number of rotatable bonds is 5. The summed E-state index contributed by atoms with van der Waals surface area (Å²) < 4.78 is 19.5. The molecule has 5 rings (SSSR count). The number of amides is 1. The van der Waals surface area contributed by atoms with Crippen molar-refractivity contribution in [2.45, 2.75) is 51.4 Å². The van der Waals surface area contributed by atoms with Crippen molar-refractivity contribution in [3.8, 4) is 0 Å². The normalized spacial score (nSPS) is 21.5. The van der Waals surface area contributed by atoms with Crippen molar-refractivity contribution in [2.75, 3.05) is 17.8 Å². The van der Waals surface area contributed by atoms with Crippen LogP contribution in [0.4, 0.5) is 5.69 Å². The topological polar surface area (TPSA) is 104 Å². The number of fused-ring (bicyclic) bond motifs is 1. The van der Waals surface area contributed by atoms with Crippen molar-refractivity contribution >= 4 is 68.3 Å². The molecule has 1 unspecified atom stereocenters. The van der Waals surface area contributed by atoms with Crippen LogP contribution in [0.15, 0.2) is 38.4 Å². The molecular formula is C25H32IN5O2S. The first-order chi connectivity index (χ1) is 16.5. The SMILES string of the molecule is CC=S(=O)(Nc1ccc2[nH]cc(C3CCN(C(=O)C4CCCC4)CC3)c2c1)C1=CI=C(N)N=C1. The van der Waals surface area contributed by atoms with Gasteiger partial charge in [-0.05, 0) is 71.7 Å². The molecule has 1 atom stereocenters. The van der Waals surface area contributed by atoms with E-state index < -0.39 is 30.4 Å². The van der Waals surface area contributed by atoms with Gasteiger partial charge in [0.1, 0.15) is 3.76 Å². The predicted molar refractivity (Wildman–Crippen MR) is 152 cm³/mol. The number of H-pyrrole nitrogens is 1. The fourth-order valence-electron chi connectivity index (χ4n) is 5.25. The third kappa shape index (κ3) is 4.74. The zero-order chi connectivity index (χ0) is 23.7. The Balaban J connectivity index is 1.33. The van der Waals surface area contributed by atoms with Gasteiger partial charge in [0, 0.05) is 48.0 Å². The van der Waals surface area contributed by atoms with Gasteiger partial charge in [0.05, 0.1) is 14.6 Å². The molecule has 0 bridgehead atoms. The van der Waals surface area contributed by atoms with E-state index >= 15 is 0 Å². The maximum absolute atomic E-state index is 13.7. The Labute approximate surface area is 211 Å². The maximum Gasteiger partial charge on any atom is 0.225 e. The summed E-state index contributed by atoms with van der Waals surface area (Å²) in [6.07, 6.45) is 10.2. The Morgan fingerprint density at radius 3 is 2.71 bits per heavy atom. The molecule has 182 valence electrons. The first-order valence-corrected chi connectivity index (χ1v) is 15.9. The van der Waals surface area contributed by atoms with Gasteiger partial charge in [0.25, 0.3) is 0 Å². The fourth-order valence-corrected chi connectivity index (χ4v) is 9.10. The van der Waals surface area contributed by atoms with E-state index in [4.69, 9.17) is 5.73 Å². The molecular weight excluding hydrogens is 561 g/mol. The summed E-state index contributed by atoms with van der Waals surface area (Å²) in [5, 5.41) is 2.87. The molecule has 1 saturated heterocycles. The number of benzene rings is 1.